The largest absolute Gasteiger partial charge is 0.309 e. The van der Waals surface area contributed by atoms with Gasteiger partial charge < -0.3 is 9.13 Å². The van der Waals surface area contributed by atoms with Gasteiger partial charge in [-0.1, -0.05) is 86.6 Å². The number of para-hydroxylation sites is 1. The minimum Gasteiger partial charge on any atom is -0.309 e. The Labute approximate surface area is 295 Å². The lowest BCUT2D eigenvalue weighted by molar-refractivity contribution is 0.666. The molecule has 4 nitrogen and oxygen atoms in total. The maximum absolute atomic E-state index is 9.65. The van der Waals surface area contributed by atoms with E-state index in [1.54, 1.807) is 0 Å². The summed E-state index contributed by atoms with van der Waals surface area (Å²) in [6, 6.07) is 55.8. The maximum atomic E-state index is 9.65. The number of hydrogen-bond donors (Lipinski definition) is 0. The summed E-state index contributed by atoms with van der Waals surface area (Å²) in [7, 11) is 0. The molecule has 0 aliphatic heterocycles. The molecule has 0 spiro atoms. The van der Waals surface area contributed by atoms with E-state index in [-0.39, 0.29) is 5.41 Å². The Kier molecular flexibility index (Phi) is 6.02. The number of fused-ring (bicyclic) bond motifs is 10. The third-order valence-electron chi connectivity index (χ3n) is 10.9. The van der Waals surface area contributed by atoms with Gasteiger partial charge in [0, 0.05) is 38.3 Å². The van der Waals surface area contributed by atoms with Gasteiger partial charge >= 0.3 is 0 Å². The van der Waals surface area contributed by atoms with Crippen LogP contribution in [0.5, 0.6) is 0 Å². The molecule has 0 bridgehead atoms. The molecule has 1 aliphatic rings. The van der Waals surface area contributed by atoms with Crippen LogP contribution < -0.4 is 0 Å². The summed E-state index contributed by atoms with van der Waals surface area (Å²) in [4.78, 5) is 0. The molecule has 0 unspecified atom stereocenters. The molecule has 0 N–H and O–H groups in total. The van der Waals surface area contributed by atoms with Gasteiger partial charge in [-0.3, -0.25) is 0 Å². The first-order valence-electron chi connectivity index (χ1n) is 17.2. The molecule has 9 aromatic rings. The van der Waals surface area contributed by atoms with Crippen LogP contribution in [0.4, 0.5) is 0 Å². The van der Waals surface area contributed by atoms with Gasteiger partial charge in [0.2, 0.25) is 0 Å². The van der Waals surface area contributed by atoms with E-state index in [1.807, 2.05) is 36.4 Å². The monoisotopic (exact) mass is 650 g/mol. The Hall–Kier alpha value is -6.88. The van der Waals surface area contributed by atoms with E-state index in [1.165, 1.54) is 44.1 Å². The highest BCUT2D eigenvalue weighted by atomic mass is 15.0. The van der Waals surface area contributed by atoms with Crippen LogP contribution in [-0.4, -0.2) is 9.13 Å². The average molecular weight is 651 g/mol. The molecule has 7 aromatic carbocycles. The van der Waals surface area contributed by atoms with Crippen molar-refractivity contribution < 1.29 is 0 Å². The van der Waals surface area contributed by atoms with E-state index in [4.69, 9.17) is 0 Å². The molecule has 238 valence electrons. The van der Waals surface area contributed by atoms with Gasteiger partial charge in [-0.15, -0.1) is 0 Å². The molecule has 51 heavy (non-hydrogen) atoms. The van der Waals surface area contributed by atoms with E-state index in [2.05, 4.69) is 144 Å². The molecular formula is C47H30N4. The van der Waals surface area contributed by atoms with Crippen molar-refractivity contribution in [1.82, 2.24) is 9.13 Å². The fraction of sp³-hybridized carbons (Fsp3) is 0.0638. The summed E-state index contributed by atoms with van der Waals surface area (Å²) in [6.07, 6.45) is 0. The quantitative estimate of drug-likeness (QED) is 0.191. The second-order valence-corrected chi connectivity index (χ2v) is 14.0. The number of rotatable bonds is 3. The minimum atomic E-state index is -0.123. The summed E-state index contributed by atoms with van der Waals surface area (Å²) in [5, 5.41) is 23.8. The summed E-state index contributed by atoms with van der Waals surface area (Å²) >= 11 is 0. The number of hydrogen-bond acceptors (Lipinski definition) is 2. The third kappa shape index (κ3) is 4.05. The predicted octanol–water partition coefficient (Wildman–Crippen LogP) is 11.6. The van der Waals surface area contributed by atoms with Gasteiger partial charge in [-0.25, -0.2) is 0 Å². The standard InChI is InChI=1S/C47H30N4/c1-47(2)40-15-5-3-13-35(40)36-19-22-44-45(46(36)47)37-14-4-6-16-41(37)51(44)34-12-8-10-32(26-34)31-9-7-11-33(25-31)50-42-20-17-29(27-48)23-38(42)39-24-30(28-49)18-21-43(39)50/h3-26H,1-2H3. The Bertz CT molecular complexity index is 2960. The molecule has 1 aliphatic carbocycles. The smallest absolute Gasteiger partial charge is 0.0991 e. The van der Waals surface area contributed by atoms with Crippen molar-refractivity contribution in [3.8, 4) is 45.8 Å². The highest BCUT2D eigenvalue weighted by molar-refractivity contribution is 6.14. The summed E-state index contributed by atoms with van der Waals surface area (Å²) in [6.45, 7) is 4.72. The summed E-state index contributed by atoms with van der Waals surface area (Å²) in [5.41, 5.74) is 15.2. The van der Waals surface area contributed by atoms with Crippen molar-refractivity contribution in [2.45, 2.75) is 19.3 Å². The molecule has 0 amide bonds. The van der Waals surface area contributed by atoms with Crippen molar-refractivity contribution in [2.75, 3.05) is 0 Å². The predicted molar refractivity (Wildman–Crippen MR) is 208 cm³/mol. The minimum absolute atomic E-state index is 0.123. The lowest BCUT2D eigenvalue weighted by Crippen LogP contribution is -2.15. The van der Waals surface area contributed by atoms with E-state index >= 15 is 0 Å². The summed E-state index contributed by atoms with van der Waals surface area (Å²) < 4.78 is 4.65. The average Bonchev–Trinajstić information content (AvgIpc) is 3.77. The second kappa shape index (κ2) is 10.6. The lowest BCUT2D eigenvalue weighted by Gasteiger charge is -2.22. The van der Waals surface area contributed by atoms with Gasteiger partial charge in [-0.05, 0) is 106 Å². The first-order valence-corrected chi connectivity index (χ1v) is 17.2. The van der Waals surface area contributed by atoms with Gasteiger partial charge in [0.25, 0.3) is 0 Å². The molecule has 0 fully saturated rings. The van der Waals surface area contributed by atoms with Crippen molar-refractivity contribution >= 4 is 43.6 Å². The maximum Gasteiger partial charge on any atom is 0.0991 e. The first kappa shape index (κ1) is 29.1. The van der Waals surface area contributed by atoms with Gasteiger partial charge in [0.05, 0.1) is 45.3 Å². The van der Waals surface area contributed by atoms with E-state index < -0.39 is 0 Å². The summed E-state index contributed by atoms with van der Waals surface area (Å²) in [5.74, 6) is 0. The molecule has 0 radical (unpaired) electrons. The van der Waals surface area contributed by atoms with Crippen LogP contribution in [0, 0.1) is 22.7 Å². The SMILES string of the molecule is CC1(C)c2ccccc2-c2ccc3c(c21)c1ccccc1n3-c1cccc(-c2cccc(-n3c4ccc(C#N)cc4c4cc(C#N)ccc43)c2)c1. The molecule has 4 heteroatoms. The highest BCUT2D eigenvalue weighted by Gasteiger charge is 2.38. The van der Waals surface area contributed by atoms with Crippen molar-refractivity contribution in [1.29, 1.82) is 10.5 Å². The van der Waals surface area contributed by atoms with Crippen LogP contribution in [0.2, 0.25) is 0 Å². The zero-order valence-electron chi connectivity index (χ0n) is 28.1. The van der Waals surface area contributed by atoms with Crippen LogP contribution in [0.3, 0.4) is 0 Å². The van der Waals surface area contributed by atoms with Crippen molar-refractivity contribution in [2.24, 2.45) is 0 Å². The molecule has 2 aromatic heterocycles. The topological polar surface area (TPSA) is 57.4 Å². The van der Waals surface area contributed by atoms with Gasteiger partial charge in [-0.2, -0.15) is 10.5 Å². The van der Waals surface area contributed by atoms with Crippen LogP contribution in [0.15, 0.2) is 146 Å². The number of aromatic nitrogens is 2. The molecule has 10 rings (SSSR count). The zero-order chi connectivity index (χ0) is 34.4. The molecule has 2 heterocycles. The fourth-order valence-corrected chi connectivity index (χ4v) is 8.70. The van der Waals surface area contributed by atoms with Gasteiger partial charge in [0.1, 0.15) is 0 Å². The second-order valence-electron chi connectivity index (χ2n) is 14.0. The van der Waals surface area contributed by atoms with Gasteiger partial charge in [0.15, 0.2) is 0 Å². The zero-order valence-corrected chi connectivity index (χ0v) is 28.1. The lowest BCUT2D eigenvalue weighted by atomic mass is 9.80. The number of nitrogens with zero attached hydrogens (tertiary/aromatic N) is 4. The Morgan fingerprint density at radius 3 is 1.67 bits per heavy atom. The van der Waals surface area contributed by atoms with Crippen LogP contribution >= 0.6 is 0 Å². The van der Waals surface area contributed by atoms with Crippen LogP contribution in [-0.2, 0) is 5.41 Å². The normalized spacial score (nSPS) is 13.0. The van der Waals surface area contributed by atoms with Crippen LogP contribution in [0.25, 0.3) is 77.2 Å². The van der Waals surface area contributed by atoms with E-state index in [0.717, 1.165) is 44.3 Å². The Morgan fingerprint density at radius 2 is 1.02 bits per heavy atom. The third-order valence-corrected chi connectivity index (χ3v) is 10.9. The van der Waals surface area contributed by atoms with Crippen molar-refractivity contribution in [3.63, 3.8) is 0 Å². The molecule has 0 atom stereocenters. The Morgan fingerprint density at radius 1 is 0.471 bits per heavy atom. The number of nitriles is 2. The first-order chi connectivity index (χ1) is 25.0. The molecule has 0 saturated carbocycles. The molecular weight excluding hydrogens is 621 g/mol. The number of benzene rings is 7. The van der Waals surface area contributed by atoms with E-state index in [0.29, 0.717) is 11.1 Å². The van der Waals surface area contributed by atoms with Crippen LogP contribution in [0.1, 0.15) is 36.1 Å². The molecule has 0 saturated heterocycles. The Balaban J connectivity index is 1.16. The highest BCUT2D eigenvalue weighted by Crippen LogP contribution is 2.53. The van der Waals surface area contributed by atoms with E-state index in [9.17, 15) is 10.5 Å². The van der Waals surface area contributed by atoms with Crippen molar-refractivity contribution in [3.05, 3.63) is 168 Å². The fourth-order valence-electron chi connectivity index (χ4n) is 8.70.